The molecule has 0 fully saturated rings. The van der Waals surface area contributed by atoms with E-state index in [1.54, 1.807) is 6.07 Å². The second-order valence-electron chi connectivity index (χ2n) is 2.38. The third-order valence-corrected chi connectivity index (χ3v) is 1.57. The highest BCUT2D eigenvalue weighted by Gasteiger charge is 2.02. The molecule has 0 spiro atoms. The number of rotatable bonds is 1. The van der Waals surface area contributed by atoms with E-state index in [0.29, 0.717) is 11.4 Å². The molecule has 60 valence electrons. The Kier molecular flexibility index (Phi) is 1.89. The summed E-state index contributed by atoms with van der Waals surface area (Å²) in [5.74, 6) is 0.535. The number of phenols is 1. The molecule has 0 saturated carbocycles. The number of aryl methyl sites for hydroxylation is 1. The van der Waals surface area contributed by atoms with Crippen LogP contribution in [0.5, 0.6) is 11.5 Å². The molecule has 0 heterocycles. The minimum absolute atomic E-state index is 0.0793. The minimum Gasteiger partial charge on any atom is -0.504 e. The fourth-order valence-electron chi connectivity index (χ4n) is 0.850. The Hall–Kier alpha value is -1.38. The van der Waals surface area contributed by atoms with Crippen LogP contribution in [-0.2, 0) is 0 Å². The molecule has 0 radical (unpaired) electrons. The Morgan fingerprint density at radius 1 is 1.45 bits per heavy atom. The van der Waals surface area contributed by atoms with Crippen LogP contribution in [0.3, 0.4) is 0 Å². The summed E-state index contributed by atoms with van der Waals surface area (Å²) in [6, 6.07) is 3.18. The van der Waals surface area contributed by atoms with Crippen molar-refractivity contribution in [2.75, 3.05) is 12.8 Å². The zero-order chi connectivity index (χ0) is 8.43. The normalized spacial score (nSPS) is 9.64. The summed E-state index contributed by atoms with van der Waals surface area (Å²) in [6.45, 7) is 1.86. The number of aromatic hydroxyl groups is 1. The molecule has 0 bridgehead atoms. The molecule has 1 aromatic rings. The molecule has 0 unspecified atom stereocenters. The first-order valence-electron chi connectivity index (χ1n) is 3.28. The maximum Gasteiger partial charge on any atom is 0.160 e. The van der Waals surface area contributed by atoms with E-state index in [9.17, 15) is 5.11 Å². The van der Waals surface area contributed by atoms with Crippen LogP contribution in [0.25, 0.3) is 0 Å². The van der Waals surface area contributed by atoms with Crippen LogP contribution >= 0.6 is 0 Å². The summed E-state index contributed by atoms with van der Waals surface area (Å²) >= 11 is 0. The van der Waals surface area contributed by atoms with E-state index in [2.05, 4.69) is 0 Å². The molecule has 3 heteroatoms. The highest BCUT2D eigenvalue weighted by molar-refractivity contribution is 5.56. The van der Waals surface area contributed by atoms with E-state index in [0.717, 1.165) is 5.56 Å². The van der Waals surface area contributed by atoms with E-state index in [1.807, 2.05) is 6.92 Å². The van der Waals surface area contributed by atoms with Gasteiger partial charge in [0, 0.05) is 11.8 Å². The van der Waals surface area contributed by atoms with Crippen molar-refractivity contribution in [3.63, 3.8) is 0 Å². The SMILES string of the molecule is COc1cc(C)c(N)cc1O. The van der Waals surface area contributed by atoms with E-state index in [-0.39, 0.29) is 5.75 Å². The molecule has 0 amide bonds. The number of hydrogen-bond acceptors (Lipinski definition) is 3. The Bertz CT molecular complexity index is 271. The number of phenolic OH excluding ortho intramolecular Hbond substituents is 1. The van der Waals surface area contributed by atoms with Gasteiger partial charge in [0.15, 0.2) is 11.5 Å². The van der Waals surface area contributed by atoms with Crippen molar-refractivity contribution in [3.05, 3.63) is 17.7 Å². The number of nitrogens with two attached hydrogens (primary N) is 1. The average molecular weight is 153 g/mol. The molecule has 11 heavy (non-hydrogen) atoms. The van der Waals surface area contributed by atoms with E-state index in [4.69, 9.17) is 10.5 Å². The van der Waals surface area contributed by atoms with Gasteiger partial charge in [-0.15, -0.1) is 0 Å². The van der Waals surface area contributed by atoms with Gasteiger partial charge in [-0.05, 0) is 18.6 Å². The zero-order valence-electron chi connectivity index (χ0n) is 6.59. The molecule has 3 nitrogen and oxygen atoms in total. The van der Waals surface area contributed by atoms with Crippen molar-refractivity contribution in [2.45, 2.75) is 6.92 Å². The van der Waals surface area contributed by atoms with Crippen LogP contribution in [0.15, 0.2) is 12.1 Å². The monoisotopic (exact) mass is 153 g/mol. The van der Waals surface area contributed by atoms with E-state index < -0.39 is 0 Å². The maximum atomic E-state index is 9.21. The standard InChI is InChI=1S/C8H11NO2/c1-5-3-8(11-2)7(10)4-6(5)9/h3-4,10H,9H2,1-2H3. The number of ether oxygens (including phenoxy) is 1. The molecule has 1 rings (SSSR count). The Labute approximate surface area is 65.4 Å². The van der Waals surface area contributed by atoms with Crippen LogP contribution < -0.4 is 10.5 Å². The summed E-state index contributed by atoms with van der Waals surface area (Å²) in [5.41, 5.74) is 7.00. The first-order valence-corrected chi connectivity index (χ1v) is 3.28. The lowest BCUT2D eigenvalue weighted by molar-refractivity contribution is 0.373. The van der Waals surface area contributed by atoms with Crippen molar-refractivity contribution < 1.29 is 9.84 Å². The molecule has 0 aromatic heterocycles. The van der Waals surface area contributed by atoms with Crippen molar-refractivity contribution in [2.24, 2.45) is 0 Å². The van der Waals surface area contributed by atoms with Gasteiger partial charge < -0.3 is 15.6 Å². The molecule has 0 atom stereocenters. The largest absolute Gasteiger partial charge is 0.504 e. The molecule has 1 aromatic carbocycles. The summed E-state index contributed by atoms with van der Waals surface area (Å²) in [6.07, 6.45) is 0. The summed E-state index contributed by atoms with van der Waals surface area (Å²) in [7, 11) is 1.50. The fourth-order valence-corrected chi connectivity index (χ4v) is 0.850. The first-order chi connectivity index (χ1) is 5.15. The summed E-state index contributed by atoms with van der Waals surface area (Å²) in [4.78, 5) is 0. The third-order valence-electron chi connectivity index (χ3n) is 1.57. The van der Waals surface area contributed by atoms with E-state index in [1.165, 1.54) is 13.2 Å². The summed E-state index contributed by atoms with van der Waals surface area (Å²) in [5, 5.41) is 9.21. The second-order valence-corrected chi connectivity index (χ2v) is 2.38. The third kappa shape index (κ3) is 1.37. The Morgan fingerprint density at radius 3 is 2.64 bits per heavy atom. The molecule has 0 aliphatic rings. The van der Waals surface area contributed by atoms with Crippen molar-refractivity contribution in [3.8, 4) is 11.5 Å². The van der Waals surface area contributed by atoms with Gasteiger partial charge in [-0.3, -0.25) is 0 Å². The Morgan fingerprint density at radius 2 is 2.09 bits per heavy atom. The van der Waals surface area contributed by atoms with Crippen LogP contribution in [0.2, 0.25) is 0 Å². The van der Waals surface area contributed by atoms with Crippen molar-refractivity contribution in [1.29, 1.82) is 0 Å². The number of hydrogen-bond donors (Lipinski definition) is 2. The van der Waals surface area contributed by atoms with Crippen LogP contribution in [-0.4, -0.2) is 12.2 Å². The van der Waals surface area contributed by atoms with Gasteiger partial charge in [-0.1, -0.05) is 0 Å². The lowest BCUT2D eigenvalue weighted by atomic mass is 10.2. The van der Waals surface area contributed by atoms with Crippen LogP contribution in [0.1, 0.15) is 5.56 Å². The smallest absolute Gasteiger partial charge is 0.160 e. The predicted molar refractivity (Wildman–Crippen MR) is 43.8 cm³/mol. The van der Waals surface area contributed by atoms with Crippen molar-refractivity contribution in [1.82, 2.24) is 0 Å². The lowest BCUT2D eigenvalue weighted by Crippen LogP contribution is -1.91. The predicted octanol–water partition coefficient (Wildman–Crippen LogP) is 1.29. The van der Waals surface area contributed by atoms with Gasteiger partial charge in [-0.2, -0.15) is 0 Å². The average Bonchev–Trinajstić information content (AvgIpc) is 1.97. The van der Waals surface area contributed by atoms with Crippen LogP contribution in [0, 0.1) is 6.92 Å². The number of nitrogen functional groups attached to an aromatic ring is 1. The number of anilines is 1. The topological polar surface area (TPSA) is 55.5 Å². The van der Waals surface area contributed by atoms with Crippen molar-refractivity contribution >= 4 is 5.69 Å². The maximum absolute atomic E-state index is 9.21. The van der Waals surface area contributed by atoms with Gasteiger partial charge in [0.05, 0.1) is 7.11 Å². The molecule has 0 aliphatic heterocycles. The summed E-state index contributed by atoms with van der Waals surface area (Å²) < 4.78 is 4.88. The second kappa shape index (κ2) is 2.70. The zero-order valence-corrected chi connectivity index (χ0v) is 6.59. The molecule has 0 saturated heterocycles. The lowest BCUT2D eigenvalue weighted by Gasteiger charge is -2.05. The molecular weight excluding hydrogens is 142 g/mol. The fraction of sp³-hybridized carbons (Fsp3) is 0.250. The van der Waals surface area contributed by atoms with Gasteiger partial charge in [0.1, 0.15) is 0 Å². The van der Waals surface area contributed by atoms with Gasteiger partial charge >= 0.3 is 0 Å². The Balaban J connectivity index is 3.21. The molecular formula is C8H11NO2. The number of benzene rings is 1. The molecule has 0 aliphatic carbocycles. The van der Waals surface area contributed by atoms with Gasteiger partial charge in [0.25, 0.3) is 0 Å². The highest BCUT2D eigenvalue weighted by Crippen LogP contribution is 2.29. The van der Waals surface area contributed by atoms with Gasteiger partial charge in [0.2, 0.25) is 0 Å². The first kappa shape index (κ1) is 7.72. The van der Waals surface area contributed by atoms with E-state index >= 15 is 0 Å². The van der Waals surface area contributed by atoms with Crippen LogP contribution in [0.4, 0.5) is 5.69 Å². The number of methoxy groups -OCH3 is 1. The highest BCUT2D eigenvalue weighted by atomic mass is 16.5. The minimum atomic E-state index is 0.0793. The quantitative estimate of drug-likeness (QED) is 0.598. The molecule has 3 N–H and O–H groups in total. The van der Waals surface area contributed by atoms with Gasteiger partial charge in [-0.25, -0.2) is 0 Å².